The normalized spacial score (nSPS) is 14.0. The molecule has 0 spiro atoms. The Labute approximate surface area is 142 Å². The predicted molar refractivity (Wildman–Crippen MR) is 90.4 cm³/mol. The van der Waals surface area contributed by atoms with E-state index in [0.29, 0.717) is 18.7 Å². The van der Waals surface area contributed by atoms with Crippen LogP contribution in [0.4, 0.5) is 5.69 Å². The fourth-order valence-electron chi connectivity index (χ4n) is 2.52. The molecule has 1 aliphatic rings. The van der Waals surface area contributed by atoms with Crippen LogP contribution in [0.15, 0.2) is 45.8 Å². The van der Waals surface area contributed by atoms with Crippen LogP contribution in [-0.4, -0.2) is 22.1 Å². The van der Waals surface area contributed by atoms with Gasteiger partial charge in [0.2, 0.25) is 0 Å². The zero-order valence-corrected chi connectivity index (χ0v) is 14.9. The van der Waals surface area contributed by atoms with Gasteiger partial charge in [-0.05, 0) is 48.4 Å². The van der Waals surface area contributed by atoms with Gasteiger partial charge in [-0.25, -0.2) is 8.42 Å². The van der Waals surface area contributed by atoms with Gasteiger partial charge in [-0.1, -0.05) is 27.5 Å². The number of nitrogens with zero attached hydrogens (tertiary/aromatic N) is 1. The number of hydrogen-bond acceptors (Lipinski definition) is 3. The first-order valence-electron chi connectivity index (χ1n) is 6.58. The third-order valence-electron chi connectivity index (χ3n) is 3.61. The minimum Gasteiger partial charge on any atom is -0.495 e. The number of rotatable bonds is 3. The van der Waals surface area contributed by atoms with Crippen molar-refractivity contribution in [3.8, 4) is 5.75 Å². The zero-order valence-electron chi connectivity index (χ0n) is 11.7. The molecule has 0 aromatic heterocycles. The molecule has 7 heteroatoms. The van der Waals surface area contributed by atoms with E-state index in [9.17, 15) is 8.42 Å². The number of methoxy groups -OCH3 is 1. The van der Waals surface area contributed by atoms with Crippen LogP contribution in [0.3, 0.4) is 0 Å². The van der Waals surface area contributed by atoms with Gasteiger partial charge < -0.3 is 4.74 Å². The van der Waals surface area contributed by atoms with Crippen molar-refractivity contribution in [1.82, 2.24) is 0 Å². The average Bonchev–Trinajstić information content (AvgIpc) is 2.90. The van der Waals surface area contributed by atoms with Gasteiger partial charge in [0.25, 0.3) is 10.0 Å². The number of benzene rings is 2. The first-order chi connectivity index (χ1) is 10.4. The Morgan fingerprint density at radius 2 is 2.00 bits per heavy atom. The summed E-state index contributed by atoms with van der Waals surface area (Å²) in [5.41, 5.74) is 1.73. The highest BCUT2D eigenvalue weighted by atomic mass is 79.9. The number of hydrogen-bond donors (Lipinski definition) is 0. The van der Waals surface area contributed by atoms with E-state index in [4.69, 9.17) is 16.3 Å². The lowest BCUT2D eigenvalue weighted by Crippen LogP contribution is -2.29. The molecule has 0 saturated carbocycles. The number of anilines is 1. The Kier molecular flexibility index (Phi) is 4.09. The number of ether oxygens (including phenoxy) is 1. The second-order valence-corrected chi connectivity index (χ2v) is 8.08. The van der Waals surface area contributed by atoms with E-state index in [0.717, 1.165) is 15.7 Å². The monoisotopic (exact) mass is 401 g/mol. The Hall–Kier alpha value is -1.24. The summed E-state index contributed by atoms with van der Waals surface area (Å²) in [5, 5.41) is 0.277. The first-order valence-corrected chi connectivity index (χ1v) is 9.19. The van der Waals surface area contributed by atoms with Crippen molar-refractivity contribution in [2.24, 2.45) is 0 Å². The van der Waals surface area contributed by atoms with Crippen molar-refractivity contribution in [3.05, 3.63) is 51.5 Å². The third kappa shape index (κ3) is 2.59. The lowest BCUT2D eigenvalue weighted by atomic mass is 10.2. The van der Waals surface area contributed by atoms with Crippen LogP contribution in [0.5, 0.6) is 5.75 Å². The molecule has 2 aromatic rings. The molecular formula is C15H13BrClNO3S. The minimum atomic E-state index is -3.63. The molecule has 0 amide bonds. The van der Waals surface area contributed by atoms with Crippen LogP contribution in [0.2, 0.25) is 5.02 Å². The maximum absolute atomic E-state index is 12.8. The van der Waals surface area contributed by atoms with Gasteiger partial charge in [-0.2, -0.15) is 0 Å². The molecule has 116 valence electrons. The Morgan fingerprint density at radius 3 is 2.68 bits per heavy atom. The van der Waals surface area contributed by atoms with Crippen LogP contribution in [-0.2, 0) is 16.4 Å². The van der Waals surface area contributed by atoms with Crippen molar-refractivity contribution in [2.75, 3.05) is 18.0 Å². The van der Waals surface area contributed by atoms with Crippen LogP contribution in [0.1, 0.15) is 5.56 Å². The maximum Gasteiger partial charge on any atom is 0.264 e. The molecule has 3 rings (SSSR count). The van der Waals surface area contributed by atoms with Crippen molar-refractivity contribution in [1.29, 1.82) is 0 Å². The van der Waals surface area contributed by atoms with E-state index in [2.05, 4.69) is 15.9 Å². The number of sulfonamides is 1. The van der Waals surface area contributed by atoms with Gasteiger partial charge in [0.1, 0.15) is 5.75 Å². The molecule has 0 saturated heterocycles. The molecule has 0 fully saturated rings. The lowest BCUT2D eigenvalue weighted by molar-refractivity contribution is 0.414. The third-order valence-corrected chi connectivity index (χ3v) is 6.20. The molecule has 22 heavy (non-hydrogen) atoms. The smallest absolute Gasteiger partial charge is 0.264 e. The van der Waals surface area contributed by atoms with E-state index in [-0.39, 0.29) is 9.92 Å². The van der Waals surface area contributed by atoms with Gasteiger partial charge in [-0.3, -0.25) is 4.31 Å². The zero-order chi connectivity index (χ0) is 15.9. The van der Waals surface area contributed by atoms with E-state index >= 15 is 0 Å². The highest BCUT2D eigenvalue weighted by Crippen LogP contribution is 2.36. The molecule has 1 heterocycles. The SMILES string of the molecule is COc1ccc(S(=O)(=O)N2CCc3cc(Br)ccc32)cc1Cl. The fraction of sp³-hybridized carbons (Fsp3) is 0.200. The van der Waals surface area contributed by atoms with Gasteiger partial charge in [0.15, 0.2) is 0 Å². The molecule has 2 aromatic carbocycles. The number of fused-ring (bicyclic) bond motifs is 1. The summed E-state index contributed by atoms with van der Waals surface area (Å²) < 4.78 is 33.1. The van der Waals surface area contributed by atoms with Crippen molar-refractivity contribution >= 4 is 43.2 Å². The van der Waals surface area contributed by atoms with Crippen LogP contribution < -0.4 is 9.04 Å². The molecule has 0 aliphatic carbocycles. The molecule has 0 radical (unpaired) electrons. The molecule has 1 aliphatic heterocycles. The van der Waals surface area contributed by atoms with E-state index in [1.54, 1.807) is 6.07 Å². The molecule has 0 atom stereocenters. The summed E-state index contributed by atoms with van der Waals surface area (Å²) in [7, 11) is -2.14. The van der Waals surface area contributed by atoms with Gasteiger partial charge in [-0.15, -0.1) is 0 Å². The molecule has 0 N–H and O–H groups in total. The quantitative estimate of drug-likeness (QED) is 0.783. The topological polar surface area (TPSA) is 46.6 Å². The molecule has 4 nitrogen and oxygen atoms in total. The maximum atomic E-state index is 12.8. The molecule has 0 bridgehead atoms. The minimum absolute atomic E-state index is 0.161. The van der Waals surface area contributed by atoms with Crippen molar-refractivity contribution in [2.45, 2.75) is 11.3 Å². The highest BCUT2D eigenvalue weighted by Gasteiger charge is 2.31. The van der Waals surface area contributed by atoms with E-state index in [1.807, 2.05) is 18.2 Å². The van der Waals surface area contributed by atoms with E-state index < -0.39 is 10.0 Å². The highest BCUT2D eigenvalue weighted by molar-refractivity contribution is 9.10. The predicted octanol–water partition coefficient (Wildman–Crippen LogP) is 3.86. The van der Waals surface area contributed by atoms with Crippen LogP contribution >= 0.6 is 27.5 Å². The van der Waals surface area contributed by atoms with Crippen LogP contribution in [0, 0.1) is 0 Å². The summed E-state index contributed by atoms with van der Waals surface area (Å²) in [5.74, 6) is 0.450. The summed E-state index contributed by atoms with van der Waals surface area (Å²) in [4.78, 5) is 0.161. The van der Waals surface area contributed by atoms with Crippen molar-refractivity contribution in [3.63, 3.8) is 0 Å². The molecular weight excluding hydrogens is 390 g/mol. The van der Waals surface area contributed by atoms with Gasteiger partial charge in [0, 0.05) is 11.0 Å². The first kappa shape index (κ1) is 15.6. The van der Waals surface area contributed by atoms with E-state index in [1.165, 1.54) is 23.5 Å². The van der Waals surface area contributed by atoms with Crippen molar-refractivity contribution < 1.29 is 13.2 Å². The summed E-state index contributed by atoms with van der Waals surface area (Å²) >= 11 is 9.46. The lowest BCUT2D eigenvalue weighted by Gasteiger charge is -2.20. The largest absolute Gasteiger partial charge is 0.495 e. The summed E-state index contributed by atoms with van der Waals surface area (Å²) in [6.45, 7) is 0.428. The Balaban J connectivity index is 2.04. The Bertz CT molecular complexity index is 839. The fourth-order valence-corrected chi connectivity index (χ4v) is 4.79. The van der Waals surface area contributed by atoms with Gasteiger partial charge in [0.05, 0.1) is 22.7 Å². The Morgan fingerprint density at radius 1 is 1.23 bits per heavy atom. The van der Waals surface area contributed by atoms with Crippen LogP contribution in [0.25, 0.3) is 0 Å². The molecule has 0 unspecified atom stereocenters. The average molecular weight is 403 g/mol. The second-order valence-electron chi connectivity index (χ2n) is 4.90. The summed E-state index contributed by atoms with van der Waals surface area (Å²) in [6, 6.07) is 10.1. The van der Waals surface area contributed by atoms with Gasteiger partial charge >= 0.3 is 0 Å². The number of halogens is 2. The second kappa shape index (κ2) is 5.76. The standard InChI is InChI=1S/C15H13BrClNO3S/c1-21-15-5-3-12(9-13(15)17)22(19,20)18-7-6-10-8-11(16)2-4-14(10)18/h2-5,8-9H,6-7H2,1H3. The summed E-state index contributed by atoms with van der Waals surface area (Å²) in [6.07, 6.45) is 0.692.